The average Bonchev–Trinajstić information content (AvgIpc) is 2.39. The van der Waals surface area contributed by atoms with E-state index in [-0.39, 0.29) is 6.04 Å². The Hall–Kier alpha value is -1.80. The largest absolute Gasteiger partial charge is 0.398 e. The Labute approximate surface area is 101 Å². The molecule has 0 aromatic heterocycles. The maximum atomic E-state index is 6.07. The van der Waals surface area contributed by atoms with Crippen molar-refractivity contribution in [2.75, 3.05) is 12.3 Å². The van der Waals surface area contributed by atoms with Gasteiger partial charge in [-0.2, -0.15) is 0 Å². The number of benzene rings is 2. The van der Waals surface area contributed by atoms with Gasteiger partial charge in [0.1, 0.15) is 0 Å². The molecule has 0 unspecified atom stereocenters. The van der Waals surface area contributed by atoms with Gasteiger partial charge in [0.25, 0.3) is 0 Å². The fourth-order valence-corrected chi connectivity index (χ4v) is 2.56. The molecule has 17 heavy (non-hydrogen) atoms. The van der Waals surface area contributed by atoms with Crippen molar-refractivity contribution in [2.45, 2.75) is 12.5 Å². The number of hydrogen-bond donors (Lipinski definition) is 2. The summed E-state index contributed by atoms with van der Waals surface area (Å²) >= 11 is 0. The summed E-state index contributed by atoms with van der Waals surface area (Å²) < 4.78 is 0. The first kappa shape index (κ1) is 10.4. The average molecular weight is 224 g/mol. The number of para-hydroxylation sites is 1. The maximum Gasteiger partial charge on any atom is 0.0599 e. The highest BCUT2D eigenvalue weighted by atomic mass is 14.9. The van der Waals surface area contributed by atoms with Gasteiger partial charge in [0.2, 0.25) is 0 Å². The molecule has 2 nitrogen and oxygen atoms in total. The zero-order valence-corrected chi connectivity index (χ0v) is 9.69. The SMILES string of the molecule is Nc1ccccc1[C@@H]1NCCc2ccccc21. The van der Waals surface area contributed by atoms with Gasteiger partial charge in [0, 0.05) is 12.2 Å². The van der Waals surface area contributed by atoms with Gasteiger partial charge in [-0.15, -0.1) is 0 Å². The molecule has 2 aromatic carbocycles. The van der Waals surface area contributed by atoms with Crippen LogP contribution in [0.15, 0.2) is 48.5 Å². The molecule has 0 spiro atoms. The van der Waals surface area contributed by atoms with Crippen LogP contribution in [0.1, 0.15) is 22.7 Å². The van der Waals surface area contributed by atoms with Crippen LogP contribution in [0.25, 0.3) is 0 Å². The molecule has 1 aliphatic rings. The van der Waals surface area contributed by atoms with Crippen molar-refractivity contribution in [1.29, 1.82) is 0 Å². The molecule has 0 bridgehead atoms. The van der Waals surface area contributed by atoms with E-state index in [9.17, 15) is 0 Å². The third kappa shape index (κ3) is 1.81. The minimum atomic E-state index is 0.237. The predicted octanol–water partition coefficient (Wildman–Crippen LogP) is 2.50. The summed E-state index contributed by atoms with van der Waals surface area (Å²) in [6.45, 7) is 1.01. The number of hydrogen-bond acceptors (Lipinski definition) is 2. The number of nitrogens with one attached hydrogen (secondary N) is 1. The Morgan fingerprint density at radius 3 is 2.47 bits per heavy atom. The smallest absolute Gasteiger partial charge is 0.0599 e. The van der Waals surface area contributed by atoms with Crippen molar-refractivity contribution in [1.82, 2.24) is 5.32 Å². The standard InChI is InChI=1S/C15H16N2/c16-14-8-4-3-7-13(14)15-12-6-2-1-5-11(12)9-10-17-15/h1-8,15,17H,9-10,16H2/t15-/m1/s1. The third-order valence-corrected chi connectivity index (χ3v) is 3.42. The Morgan fingerprint density at radius 2 is 1.65 bits per heavy atom. The molecule has 86 valence electrons. The highest BCUT2D eigenvalue weighted by Gasteiger charge is 2.21. The van der Waals surface area contributed by atoms with Gasteiger partial charge in [0.15, 0.2) is 0 Å². The van der Waals surface area contributed by atoms with E-state index in [1.54, 1.807) is 0 Å². The molecular formula is C15H16N2. The fraction of sp³-hybridized carbons (Fsp3) is 0.200. The fourth-order valence-electron chi connectivity index (χ4n) is 2.56. The third-order valence-electron chi connectivity index (χ3n) is 3.42. The Balaban J connectivity index is 2.09. The lowest BCUT2D eigenvalue weighted by Crippen LogP contribution is -2.30. The molecule has 0 fully saturated rings. The lowest BCUT2D eigenvalue weighted by atomic mass is 9.89. The van der Waals surface area contributed by atoms with Crippen LogP contribution in [0.3, 0.4) is 0 Å². The molecule has 0 radical (unpaired) electrons. The minimum Gasteiger partial charge on any atom is -0.398 e. The highest BCUT2D eigenvalue weighted by molar-refractivity contribution is 5.52. The molecule has 1 heterocycles. The number of nitrogens with two attached hydrogens (primary N) is 1. The van der Waals surface area contributed by atoms with Crippen LogP contribution in [0.2, 0.25) is 0 Å². The van der Waals surface area contributed by atoms with Crippen LogP contribution >= 0.6 is 0 Å². The Kier molecular flexibility index (Phi) is 2.57. The van der Waals surface area contributed by atoms with Gasteiger partial charge in [-0.05, 0) is 29.2 Å². The van der Waals surface area contributed by atoms with Gasteiger partial charge in [-0.3, -0.25) is 0 Å². The molecule has 2 heteroatoms. The predicted molar refractivity (Wildman–Crippen MR) is 70.8 cm³/mol. The van der Waals surface area contributed by atoms with E-state index >= 15 is 0 Å². The van der Waals surface area contributed by atoms with Crippen LogP contribution in [-0.4, -0.2) is 6.54 Å². The van der Waals surface area contributed by atoms with Crippen molar-refractivity contribution in [2.24, 2.45) is 0 Å². The lowest BCUT2D eigenvalue weighted by Gasteiger charge is -2.28. The molecule has 2 aromatic rings. The first-order valence-electron chi connectivity index (χ1n) is 6.02. The van der Waals surface area contributed by atoms with Gasteiger partial charge in [-0.25, -0.2) is 0 Å². The Morgan fingerprint density at radius 1 is 0.941 bits per heavy atom. The molecule has 1 atom stereocenters. The van der Waals surface area contributed by atoms with Crippen molar-refractivity contribution < 1.29 is 0 Å². The number of fused-ring (bicyclic) bond motifs is 1. The van der Waals surface area contributed by atoms with Crippen molar-refractivity contribution in [3.05, 3.63) is 65.2 Å². The molecule has 0 aliphatic carbocycles. The second kappa shape index (κ2) is 4.22. The summed E-state index contributed by atoms with van der Waals surface area (Å²) in [6, 6.07) is 16.9. The van der Waals surface area contributed by atoms with Crippen molar-refractivity contribution in [3.8, 4) is 0 Å². The summed E-state index contributed by atoms with van der Waals surface area (Å²) in [5.74, 6) is 0. The summed E-state index contributed by atoms with van der Waals surface area (Å²) in [5, 5.41) is 3.55. The molecule has 1 aliphatic heterocycles. The Bertz CT molecular complexity index is 534. The van der Waals surface area contributed by atoms with Crippen LogP contribution in [0, 0.1) is 0 Å². The first-order valence-corrected chi connectivity index (χ1v) is 6.02. The minimum absolute atomic E-state index is 0.237. The summed E-state index contributed by atoms with van der Waals surface area (Å²) in [6.07, 6.45) is 1.10. The van der Waals surface area contributed by atoms with E-state index in [1.165, 1.54) is 16.7 Å². The van der Waals surface area contributed by atoms with Crippen molar-refractivity contribution >= 4 is 5.69 Å². The first-order chi connectivity index (χ1) is 8.36. The van der Waals surface area contributed by atoms with Gasteiger partial charge >= 0.3 is 0 Å². The lowest BCUT2D eigenvalue weighted by molar-refractivity contribution is 0.569. The molecular weight excluding hydrogens is 208 g/mol. The number of anilines is 1. The van der Waals surface area contributed by atoms with E-state index in [0.717, 1.165) is 18.7 Å². The molecule has 3 rings (SSSR count). The quantitative estimate of drug-likeness (QED) is 0.730. The number of nitrogen functional groups attached to an aromatic ring is 1. The summed E-state index contributed by atoms with van der Waals surface area (Å²) in [5.41, 5.74) is 10.9. The van der Waals surface area contributed by atoms with Crippen molar-refractivity contribution in [3.63, 3.8) is 0 Å². The molecule has 3 N–H and O–H groups in total. The van der Waals surface area contributed by atoms with Crippen LogP contribution < -0.4 is 11.1 Å². The monoisotopic (exact) mass is 224 g/mol. The maximum absolute atomic E-state index is 6.07. The van der Waals surface area contributed by atoms with E-state index in [1.807, 2.05) is 18.2 Å². The van der Waals surface area contributed by atoms with E-state index in [4.69, 9.17) is 5.73 Å². The van der Waals surface area contributed by atoms with E-state index in [0.29, 0.717) is 0 Å². The van der Waals surface area contributed by atoms with Crippen LogP contribution in [0.4, 0.5) is 5.69 Å². The van der Waals surface area contributed by atoms with Gasteiger partial charge in [-0.1, -0.05) is 42.5 Å². The zero-order chi connectivity index (χ0) is 11.7. The summed E-state index contributed by atoms with van der Waals surface area (Å²) in [4.78, 5) is 0. The number of rotatable bonds is 1. The van der Waals surface area contributed by atoms with Gasteiger partial charge < -0.3 is 11.1 Å². The van der Waals surface area contributed by atoms with E-state index < -0.39 is 0 Å². The molecule has 0 amide bonds. The second-order valence-corrected chi connectivity index (χ2v) is 4.46. The molecule has 0 saturated heterocycles. The highest BCUT2D eigenvalue weighted by Crippen LogP contribution is 2.31. The normalized spacial score (nSPS) is 18.7. The zero-order valence-electron chi connectivity index (χ0n) is 9.69. The molecule has 0 saturated carbocycles. The topological polar surface area (TPSA) is 38.0 Å². The van der Waals surface area contributed by atoms with E-state index in [2.05, 4.69) is 35.6 Å². The van der Waals surface area contributed by atoms with Gasteiger partial charge in [0.05, 0.1) is 6.04 Å². The van der Waals surface area contributed by atoms with Crippen LogP contribution in [-0.2, 0) is 6.42 Å². The van der Waals surface area contributed by atoms with Crippen LogP contribution in [0.5, 0.6) is 0 Å². The second-order valence-electron chi connectivity index (χ2n) is 4.46. The summed E-state index contributed by atoms with van der Waals surface area (Å²) in [7, 11) is 0.